The van der Waals surface area contributed by atoms with Crippen molar-refractivity contribution in [1.82, 2.24) is 0 Å². The highest BCUT2D eigenvalue weighted by Crippen LogP contribution is 2.12. The molecule has 0 aliphatic carbocycles. The Balaban J connectivity index is 1.98. The van der Waals surface area contributed by atoms with Crippen LogP contribution in [-0.2, 0) is 19.3 Å². The Hall–Kier alpha value is -0.450. The molecule has 1 unspecified atom stereocenters. The Kier molecular flexibility index (Phi) is 3.48. The summed E-state index contributed by atoms with van der Waals surface area (Å²) in [6, 6.07) is 0. The SMILES string of the molecule is CC(=O)CCCC1OCOO1. The van der Waals surface area contributed by atoms with Crippen molar-refractivity contribution >= 4 is 5.78 Å². The van der Waals surface area contributed by atoms with Crippen LogP contribution in [0, 0.1) is 0 Å². The van der Waals surface area contributed by atoms with Gasteiger partial charge in [0, 0.05) is 12.8 Å². The molecule has 4 nitrogen and oxygen atoms in total. The maximum Gasteiger partial charge on any atom is 0.194 e. The number of Topliss-reactive ketones (excluding diaryl/α,β-unsaturated/α-hetero) is 1. The number of hydrogen-bond acceptors (Lipinski definition) is 4. The van der Waals surface area contributed by atoms with Crippen LogP contribution in [0.4, 0.5) is 0 Å². The minimum atomic E-state index is -0.269. The maximum atomic E-state index is 10.5. The van der Waals surface area contributed by atoms with Crippen molar-refractivity contribution in [3.8, 4) is 0 Å². The molecule has 0 amide bonds. The molecule has 1 aliphatic rings. The van der Waals surface area contributed by atoms with Crippen LogP contribution in [-0.4, -0.2) is 18.9 Å². The topological polar surface area (TPSA) is 44.8 Å². The van der Waals surface area contributed by atoms with E-state index in [0.29, 0.717) is 6.42 Å². The summed E-state index contributed by atoms with van der Waals surface area (Å²) >= 11 is 0. The summed E-state index contributed by atoms with van der Waals surface area (Å²) in [6.45, 7) is 1.78. The highest BCUT2D eigenvalue weighted by atomic mass is 17.3. The molecule has 0 bridgehead atoms. The minimum absolute atomic E-state index is 0.198. The molecule has 0 aromatic heterocycles. The summed E-state index contributed by atoms with van der Waals surface area (Å²) in [7, 11) is 0. The maximum absolute atomic E-state index is 10.5. The largest absolute Gasteiger partial charge is 0.320 e. The molecule has 0 aromatic carbocycles. The quantitative estimate of drug-likeness (QED) is 0.576. The van der Waals surface area contributed by atoms with Gasteiger partial charge in [0.15, 0.2) is 13.1 Å². The van der Waals surface area contributed by atoms with E-state index in [-0.39, 0.29) is 18.9 Å². The second-order valence-corrected chi connectivity index (χ2v) is 2.52. The predicted octanol–water partition coefficient (Wildman–Crippen LogP) is 1.01. The molecule has 1 heterocycles. The van der Waals surface area contributed by atoms with E-state index < -0.39 is 0 Å². The molecule has 1 rings (SSSR count). The van der Waals surface area contributed by atoms with Gasteiger partial charge in [-0.25, -0.2) is 9.78 Å². The van der Waals surface area contributed by atoms with Gasteiger partial charge in [-0.1, -0.05) is 0 Å². The number of carbonyl (C=O) groups excluding carboxylic acids is 1. The molecule has 1 aliphatic heterocycles. The fourth-order valence-corrected chi connectivity index (χ4v) is 0.884. The first-order chi connectivity index (χ1) is 5.29. The van der Waals surface area contributed by atoms with E-state index in [0.717, 1.165) is 12.8 Å². The molecule has 0 radical (unpaired) electrons. The van der Waals surface area contributed by atoms with E-state index in [1.807, 2.05) is 0 Å². The molecule has 0 N–H and O–H groups in total. The van der Waals surface area contributed by atoms with Crippen LogP contribution in [0.25, 0.3) is 0 Å². The highest BCUT2D eigenvalue weighted by Gasteiger charge is 2.16. The number of hydrogen-bond donors (Lipinski definition) is 0. The summed E-state index contributed by atoms with van der Waals surface area (Å²) in [5.74, 6) is 0.198. The van der Waals surface area contributed by atoms with Crippen LogP contribution in [0.2, 0.25) is 0 Å². The monoisotopic (exact) mass is 160 g/mol. The van der Waals surface area contributed by atoms with Crippen molar-refractivity contribution in [1.29, 1.82) is 0 Å². The average Bonchev–Trinajstić information content (AvgIpc) is 2.39. The second kappa shape index (κ2) is 4.43. The van der Waals surface area contributed by atoms with Crippen LogP contribution in [0.1, 0.15) is 26.2 Å². The first kappa shape index (κ1) is 8.64. The molecule has 0 aromatic rings. The summed E-state index contributed by atoms with van der Waals surface area (Å²) < 4.78 is 4.98. The molecule has 0 spiro atoms. The fraction of sp³-hybridized carbons (Fsp3) is 0.857. The van der Waals surface area contributed by atoms with Crippen molar-refractivity contribution in [2.75, 3.05) is 6.79 Å². The zero-order valence-electron chi connectivity index (χ0n) is 6.54. The summed E-state index contributed by atoms with van der Waals surface area (Å²) in [5.41, 5.74) is 0. The van der Waals surface area contributed by atoms with E-state index in [1.54, 1.807) is 6.92 Å². The Morgan fingerprint density at radius 2 is 2.45 bits per heavy atom. The molecule has 11 heavy (non-hydrogen) atoms. The number of rotatable bonds is 4. The van der Waals surface area contributed by atoms with Crippen molar-refractivity contribution in [3.63, 3.8) is 0 Å². The molecule has 1 saturated heterocycles. The average molecular weight is 160 g/mol. The molecule has 1 atom stereocenters. The van der Waals surface area contributed by atoms with E-state index in [4.69, 9.17) is 9.62 Å². The number of ketones is 1. The molecule has 1 fully saturated rings. The zero-order valence-corrected chi connectivity index (χ0v) is 6.54. The van der Waals surface area contributed by atoms with Gasteiger partial charge >= 0.3 is 0 Å². The van der Waals surface area contributed by atoms with Crippen LogP contribution in [0.15, 0.2) is 0 Å². The van der Waals surface area contributed by atoms with Gasteiger partial charge in [-0.2, -0.15) is 0 Å². The van der Waals surface area contributed by atoms with Gasteiger partial charge in [0.05, 0.1) is 0 Å². The Morgan fingerprint density at radius 1 is 1.64 bits per heavy atom. The lowest BCUT2D eigenvalue weighted by molar-refractivity contribution is -0.277. The standard InChI is InChI=1S/C7H12O4/c1-6(8)3-2-4-7-9-5-10-11-7/h7H,2-5H2,1H3. The third-order valence-electron chi connectivity index (χ3n) is 1.45. The highest BCUT2D eigenvalue weighted by molar-refractivity contribution is 5.75. The molecule has 64 valence electrons. The van der Waals surface area contributed by atoms with Gasteiger partial charge in [-0.3, -0.25) is 0 Å². The second-order valence-electron chi connectivity index (χ2n) is 2.52. The molecule has 4 heteroatoms. The van der Waals surface area contributed by atoms with Crippen molar-refractivity contribution in [2.24, 2.45) is 0 Å². The van der Waals surface area contributed by atoms with Gasteiger partial charge in [0.25, 0.3) is 0 Å². The molecule has 0 saturated carbocycles. The van der Waals surface area contributed by atoms with E-state index in [9.17, 15) is 4.79 Å². The fourth-order valence-electron chi connectivity index (χ4n) is 0.884. The Labute approximate surface area is 65.4 Å². The van der Waals surface area contributed by atoms with Crippen LogP contribution in [0.5, 0.6) is 0 Å². The summed E-state index contributed by atoms with van der Waals surface area (Å²) in [6.07, 6.45) is 1.83. The van der Waals surface area contributed by atoms with Crippen LogP contribution < -0.4 is 0 Å². The lowest BCUT2D eigenvalue weighted by atomic mass is 10.2. The summed E-state index contributed by atoms with van der Waals surface area (Å²) in [5, 5.41) is 0. The number of carbonyl (C=O) groups is 1. The van der Waals surface area contributed by atoms with Crippen LogP contribution >= 0.6 is 0 Å². The van der Waals surface area contributed by atoms with Gasteiger partial charge in [-0.15, -0.1) is 0 Å². The number of ether oxygens (including phenoxy) is 1. The van der Waals surface area contributed by atoms with E-state index >= 15 is 0 Å². The van der Waals surface area contributed by atoms with Crippen molar-refractivity contribution in [2.45, 2.75) is 32.5 Å². The Morgan fingerprint density at radius 3 is 3.00 bits per heavy atom. The van der Waals surface area contributed by atoms with Crippen molar-refractivity contribution in [3.05, 3.63) is 0 Å². The lowest BCUT2D eigenvalue weighted by Gasteiger charge is -2.03. The van der Waals surface area contributed by atoms with Gasteiger partial charge in [0.2, 0.25) is 0 Å². The minimum Gasteiger partial charge on any atom is -0.320 e. The molecular formula is C7H12O4. The van der Waals surface area contributed by atoms with Gasteiger partial charge in [-0.05, 0) is 13.3 Å². The van der Waals surface area contributed by atoms with Gasteiger partial charge in [0.1, 0.15) is 5.78 Å². The first-order valence-electron chi connectivity index (χ1n) is 3.68. The van der Waals surface area contributed by atoms with E-state index in [1.165, 1.54) is 0 Å². The predicted molar refractivity (Wildman–Crippen MR) is 36.4 cm³/mol. The van der Waals surface area contributed by atoms with Gasteiger partial charge < -0.3 is 9.53 Å². The lowest BCUT2D eigenvalue weighted by Crippen LogP contribution is -2.07. The normalized spacial score (nSPS) is 23.9. The Bertz CT molecular complexity index is 128. The first-order valence-corrected chi connectivity index (χ1v) is 3.68. The smallest absolute Gasteiger partial charge is 0.194 e. The third kappa shape index (κ3) is 3.46. The summed E-state index contributed by atoms with van der Waals surface area (Å²) in [4.78, 5) is 19.7. The molecular weight excluding hydrogens is 148 g/mol. The van der Waals surface area contributed by atoms with Crippen molar-refractivity contribution < 1.29 is 19.3 Å². The van der Waals surface area contributed by atoms with E-state index in [2.05, 4.69) is 4.89 Å². The van der Waals surface area contributed by atoms with Crippen LogP contribution in [0.3, 0.4) is 0 Å². The zero-order chi connectivity index (χ0) is 8.10. The third-order valence-corrected chi connectivity index (χ3v) is 1.45.